The minimum Gasteiger partial charge on any atom is -0.357 e. The molecule has 0 fully saturated rings. The van der Waals surface area contributed by atoms with Gasteiger partial charge >= 0.3 is 0 Å². The van der Waals surface area contributed by atoms with Gasteiger partial charge in [0.1, 0.15) is 0 Å². The molecule has 26 heavy (non-hydrogen) atoms. The molecule has 0 aliphatic heterocycles. The zero-order chi connectivity index (χ0) is 18.4. The molecule has 136 valence electrons. The van der Waals surface area contributed by atoms with E-state index < -0.39 is 0 Å². The fraction of sp³-hybridized carbons (Fsp3) is 0.316. The number of pyridine rings is 1. The molecule has 0 saturated heterocycles. The molecule has 6 nitrogen and oxygen atoms in total. The van der Waals surface area contributed by atoms with E-state index in [0.717, 1.165) is 35.3 Å². The van der Waals surface area contributed by atoms with Gasteiger partial charge in [-0.25, -0.2) is 14.7 Å². The second-order valence-electron chi connectivity index (χ2n) is 6.04. The summed E-state index contributed by atoms with van der Waals surface area (Å²) < 4.78 is 1.86. The largest absolute Gasteiger partial charge is 0.357 e. The van der Waals surface area contributed by atoms with Crippen molar-refractivity contribution in [3.8, 4) is 5.82 Å². The Morgan fingerprint density at radius 1 is 1.19 bits per heavy atom. The Bertz CT molecular complexity index is 849. The minimum atomic E-state index is 0.667. The number of nitrogens with one attached hydrogen (secondary N) is 2. The molecule has 0 unspecified atom stereocenters. The molecule has 0 atom stereocenters. The van der Waals surface area contributed by atoms with Gasteiger partial charge in [0.2, 0.25) is 0 Å². The Morgan fingerprint density at radius 2 is 2.08 bits per heavy atom. The average molecular weight is 369 g/mol. The van der Waals surface area contributed by atoms with E-state index in [1.807, 2.05) is 36.9 Å². The highest BCUT2D eigenvalue weighted by Gasteiger charge is 2.05. The van der Waals surface area contributed by atoms with Crippen LogP contribution in [-0.2, 0) is 13.1 Å². The molecule has 0 amide bonds. The van der Waals surface area contributed by atoms with Gasteiger partial charge in [-0.1, -0.05) is 6.07 Å². The fourth-order valence-electron chi connectivity index (χ4n) is 2.59. The number of aromatic nitrogens is 3. The summed E-state index contributed by atoms with van der Waals surface area (Å²) in [6, 6.07) is 8.20. The molecule has 0 spiro atoms. The first-order valence-electron chi connectivity index (χ1n) is 8.67. The molecule has 7 heteroatoms. The van der Waals surface area contributed by atoms with Gasteiger partial charge in [0.05, 0.1) is 12.2 Å². The molecule has 0 bridgehead atoms. The third-order valence-electron chi connectivity index (χ3n) is 3.84. The van der Waals surface area contributed by atoms with E-state index in [1.54, 1.807) is 11.3 Å². The van der Waals surface area contributed by atoms with Crippen molar-refractivity contribution < 1.29 is 0 Å². The van der Waals surface area contributed by atoms with Gasteiger partial charge in [-0.05, 0) is 60.9 Å². The van der Waals surface area contributed by atoms with E-state index in [2.05, 4.69) is 55.5 Å². The molecule has 3 aromatic rings. The summed E-state index contributed by atoms with van der Waals surface area (Å²) in [5, 5.41) is 15.3. The SMILES string of the molecule is CCNC(=NCc1ccsc1)NCc1ccc(-n2nc(C)cc2C)nc1. The topological polar surface area (TPSA) is 67.1 Å². The van der Waals surface area contributed by atoms with Crippen LogP contribution in [-0.4, -0.2) is 27.3 Å². The third-order valence-corrected chi connectivity index (χ3v) is 4.57. The lowest BCUT2D eigenvalue weighted by Crippen LogP contribution is -2.36. The van der Waals surface area contributed by atoms with E-state index in [1.165, 1.54) is 5.56 Å². The molecule has 3 heterocycles. The van der Waals surface area contributed by atoms with Crippen LogP contribution in [0.2, 0.25) is 0 Å². The number of thiophene rings is 1. The third kappa shape index (κ3) is 4.70. The molecule has 0 saturated carbocycles. The molecule has 2 N–H and O–H groups in total. The number of aliphatic imine (C=N–C) groups is 1. The summed E-state index contributed by atoms with van der Waals surface area (Å²) in [4.78, 5) is 9.15. The van der Waals surface area contributed by atoms with E-state index in [-0.39, 0.29) is 0 Å². The predicted octanol–water partition coefficient (Wildman–Crippen LogP) is 3.20. The zero-order valence-electron chi connectivity index (χ0n) is 15.4. The second-order valence-corrected chi connectivity index (χ2v) is 6.82. The molecule has 3 aromatic heterocycles. The maximum Gasteiger partial charge on any atom is 0.191 e. The van der Waals surface area contributed by atoms with Crippen LogP contribution < -0.4 is 10.6 Å². The Balaban J connectivity index is 1.62. The molecule has 0 aromatic carbocycles. The number of hydrogen-bond acceptors (Lipinski definition) is 4. The number of aryl methyl sites for hydroxylation is 2. The van der Waals surface area contributed by atoms with Crippen molar-refractivity contribution in [1.29, 1.82) is 0 Å². The monoisotopic (exact) mass is 368 g/mol. The van der Waals surface area contributed by atoms with Crippen LogP contribution in [0.5, 0.6) is 0 Å². The molecule has 0 radical (unpaired) electrons. The van der Waals surface area contributed by atoms with Crippen LogP contribution in [0.1, 0.15) is 29.4 Å². The standard InChI is InChI=1S/C19H24N6S/c1-4-20-19(23-12-17-7-8-26-13-17)22-11-16-5-6-18(21-10-16)25-15(3)9-14(2)24-25/h5-10,13H,4,11-12H2,1-3H3,(H2,20,22,23). The fourth-order valence-corrected chi connectivity index (χ4v) is 3.25. The first-order valence-corrected chi connectivity index (χ1v) is 9.62. The van der Waals surface area contributed by atoms with Crippen LogP contribution in [0, 0.1) is 13.8 Å². The maximum atomic E-state index is 4.62. The maximum absolute atomic E-state index is 4.62. The Kier molecular flexibility index (Phi) is 6.01. The summed E-state index contributed by atoms with van der Waals surface area (Å²) >= 11 is 1.69. The van der Waals surface area contributed by atoms with E-state index in [4.69, 9.17) is 0 Å². The normalized spacial score (nSPS) is 11.6. The first kappa shape index (κ1) is 18.1. The van der Waals surface area contributed by atoms with Gasteiger partial charge in [0, 0.05) is 25.0 Å². The molecular weight excluding hydrogens is 344 g/mol. The predicted molar refractivity (Wildman–Crippen MR) is 107 cm³/mol. The number of rotatable bonds is 6. The lowest BCUT2D eigenvalue weighted by molar-refractivity contribution is 0.792. The van der Waals surface area contributed by atoms with Crippen LogP contribution in [0.15, 0.2) is 46.2 Å². The Morgan fingerprint density at radius 3 is 2.69 bits per heavy atom. The average Bonchev–Trinajstić information content (AvgIpc) is 3.27. The number of nitrogens with zero attached hydrogens (tertiary/aromatic N) is 4. The first-order chi connectivity index (χ1) is 12.7. The lowest BCUT2D eigenvalue weighted by Gasteiger charge is -2.11. The van der Waals surface area contributed by atoms with Crippen molar-refractivity contribution >= 4 is 17.3 Å². The summed E-state index contributed by atoms with van der Waals surface area (Å²) in [5.74, 6) is 1.64. The molecular formula is C19H24N6S. The Hall–Kier alpha value is -2.67. The lowest BCUT2D eigenvalue weighted by atomic mass is 10.3. The van der Waals surface area contributed by atoms with Gasteiger partial charge in [0.15, 0.2) is 11.8 Å². The molecule has 0 aliphatic rings. The smallest absolute Gasteiger partial charge is 0.191 e. The highest BCUT2D eigenvalue weighted by atomic mass is 32.1. The van der Waals surface area contributed by atoms with Crippen LogP contribution in [0.3, 0.4) is 0 Å². The van der Waals surface area contributed by atoms with E-state index in [0.29, 0.717) is 13.1 Å². The number of guanidine groups is 1. The second kappa shape index (κ2) is 8.62. The minimum absolute atomic E-state index is 0.667. The van der Waals surface area contributed by atoms with Crippen molar-refractivity contribution in [2.45, 2.75) is 33.9 Å². The van der Waals surface area contributed by atoms with Crippen LogP contribution in [0.4, 0.5) is 0 Å². The van der Waals surface area contributed by atoms with Crippen molar-refractivity contribution in [3.05, 3.63) is 63.7 Å². The summed E-state index contributed by atoms with van der Waals surface area (Å²) in [6.45, 7) is 8.24. The molecule has 0 aliphatic carbocycles. The highest BCUT2D eigenvalue weighted by molar-refractivity contribution is 7.07. The van der Waals surface area contributed by atoms with Gasteiger partial charge < -0.3 is 10.6 Å². The van der Waals surface area contributed by atoms with E-state index in [9.17, 15) is 0 Å². The molecule has 3 rings (SSSR count). The number of hydrogen-bond donors (Lipinski definition) is 2. The van der Waals surface area contributed by atoms with E-state index >= 15 is 0 Å². The van der Waals surface area contributed by atoms with Gasteiger partial charge in [-0.15, -0.1) is 0 Å². The van der Waals surface area contributed by atoms with Crippen molar-refractivity contribution in [2.75, 3.05) is 6.54 Å². The highest BCUT2D eigenvalue weighted by Crippen LogP contribution is 2.10. The van der Waals surface area contributed by atoms with Crippen molar-refractivity contribution in [3.63, 3.8) is 0 Å². The van der Waals surface area contributed by atoms with Crippen LogP contribution in [0.25, 0.3) is 5.82 Å². The summed E-state index contributed by atoms with van der Waals surface area (Å²) in [6.07, 6.45) is 1.88. The Labute approximate surface area is 158 Å². The van der Waals surface area contributed by atoms with Gasteiger partial charge in [-0.3, -0.25) is 0 Å². The van der Waals surface area contributed by atoms with Crippen LogP contribution >= 0.6 is 11.3 Å². The van der Waals surface area contributed by atoms with Gasteiger partial charge in [0.25, 0.3) is 0 Å². The van der Waals surface area contributed by atoms with Crippen molar-refractivity contribution in [2.24, 2.45) is 4.99 Å². The summed E-state index contributed by atoms with van der Waals surface area (Å²) in [5.41, 5.74) is 4.39. The van der Waals surface area contributed by atoms with Crippen molar-refractivity contribution in [1.82, 2.24) is 25.4 Å². The quantitative estimate of drug-likeness (QED) is 0.518. The van der Waals surface area contributed by atoms with Gasteiger partial charge in [-0.2, -0.15) is 16.4 Å². The zero-order valence-corrected chi connectivity index (χ0v) is 16.2. The summed E-state index contributed by atoms with van der Waals surface area (Å²) in [7, 11) is 0.